The van der Waals surface area contributed by atoms with Gasteiger partial charge in [-0.25, -0.2) is 4.79 Å². The van der Waals surface area contributed by atoms with Crippen LogP contribution in [0.5, 0.6) is 5.75 Å². The molecule has 1 fully saturated rings. The van der Waals surface area contributed by atoms with Gasteiger partial charge in [0.25, 0.3) is 0 Å². The molecule has 1 aromatic carbocycles. The van der Waals surface area contributed by atoms with E-state index >= 15 is 0 Å². The Hall–Kier alpha value is -2.68. The number of anilines is 2. The molecular formula is C18H23N5O3S. The van der Waals surface area contributed by atoms with E-state index in [1.165, 1.54) is 11.3 Å². The van der Waals surface area contributed by atoms with E-state index in [4.69, 9.17) is 4.74 Å². The lowest BCUT2D eigenvalue weighted by Crippen LogP contribution is -2.45. The quantitative estimate of drug-likeness (QED) is 0.791. The Bertz CT molecular complexity index is 810. The number of nitrogens with one attached hydrogen (secondary N) is 2. The summed E-state index contributed by atoms with van der Waals surface area (Å²) in [5.74, 6) is 0.369. The van der Waals surface area contributed by atoms with Crippen molar-refractivity contribution < 1.29 is 14.3 Å². The Kier molecular flexibility index (Phi) is 6.23. The summed E-state index contributed by atoms with van der Waals surface area (Å²) >= 11 is 1.35. The van der Waals surface area contributed by atoms with Crippen molar-refractivity contribution in [2.24, 2.45) is 0 Å². The van der Waals surface area contributed by atoms with Gasteiger partial charge in [0.1, 0.15) is 16.8 Å². The average molecular weight is 389 g/mol. The number of benzene rings is 1. The van der Waals surface area contributed by atoms with Crippen LogP contribution >= 0.6 is 11.3 Å². The van der Waals surface area contributed by atoms with Crippen LogP contribution in [0.25, 0.3) is 0 Å². The first-order valence-electron chi connectivity index (χ1n) is 9.05. The SMILES string of the molecule is CCOc1ccccc1NC(=O)N1CCC[C@H]1C(=O)Nc1nnc(CC)s1. The van der Waals surface area contributed by atoms with Gasteiger partial charge in [-0.2, -0.15) is 0 Å². The van der Waals surface area contributed by atoms with Gasteiger partial charge in [0.15, 0.2) is 0 Å². The van der Waals surface area contributed by atoms with Gasteiger partial charge in [0.05, 0.1) is 12.3 Å². The number of aromatic nitrogens is 2. The van der Waals surface area contributed by atoms with Crippen LogP contribution in [0.15, 0.2) is 24.3 Å². The predicted octanol–water partition coefficient (Wildman–Crippen LogP) is 3.13. The van der Waals surface area contributed by atoms with E-state index in [1.807, 2.05) is 26.0 Å². The van der Waals surface area contributed by atoms with Crippen molar-refractivity contribution in [3.05, 3.63) is 29.3 Å². The molecule has 0 radical (unpaired) electrons. The first kappa shape index (κ1) is 19.1. The molecule has 3 amide bonds. The lowest BCUT2D eigenvalue weighted by Gasteiger charge is -2.24. The molecule has 27 heavy (non-hydrogen) atoms. The second-order valence-electron chi connectivity index (χ2n) is 6.05. The smallest absolute Gasteiger partial charge is 0.322 e. The topological polar surface area (TPSA) is 96.5 Å². The maximum atomic E-state index is 12.7. The molecule has 0 saturated carbocycles. The fourth-order valence-corrected chi connectivity index (χ4v) is 3.64. The largest absolute Gasteiger partial charge is 0.492 e. The van der Waals surface area contributed by atoms with Gasteiger partial charge >= 0.3 is 6.03 Å². The molecular weight excluding hydrogens is 366 g/mol. The zero-order chi connectivity index (χ0) is 19.2. The summed E-state index contributed by atoms with van der Waals surface area (Å²) < 4.78 is 5.54. The van der Waals surface area contributed by atoms with Crippen LogP contribution in [-0.4, -0.2) is 46.2 Å². The molecule has 1 atom stereocenters. The summed E-state index contributed by atoms with van der Waals surface area (Å²) in [6.45, 7) is 4.90. The first-order valence-corrected chi connectivity index (χ1v) is 9.86. The highest BCUT2D eigenvalue weighted by molar-refractivity contribution is 7.15. The maximum Gasteiger partial charge on any atom is 0.322 e. The Labute approximate surface area is 161 Å². The molecule has 2 aromatic rings. The summed E-state index contributed by atoms with van der Waals surface area (Å²) in [7, 11) is 0. The number of nitrogens with zero attached hydrogens (tertiary/aromatic N) is 3. The van der Waals surface area contributed by atoms with E-state index < -0.39 is 6.04 Å². The van der Waals surface area contributed by atoms with Crippen LogP contribution in [0, 0.1) is 0 Å². The Morgan fingerprint density at radius 3 is 2.81 bits per heavy atom. The van der Waals surface area contributed by atoms with E-state index in [0.717, 1.165) is 17.8 Å². The standard InChI is InChI=1S/C18H23N5O3S/c1-3-15-21-22-17(27-15)20-16(24)13-9-7-11-23(13)18(25)19-12-8-5-6-10-14(12)26-4-2/h5-6,8,10,13H,3-4,7,9,11H2,1-2H3,(H,19,25)(H,20,22,24)/t13-/m0/s1. The van der Waals surface area contributed by atoms with Gasteiger partial charge in [0, 0.05) is 6.54 Å². The van der Waals surface area contributed by atoms with Gasteiger partial charge < -0.3 is 15.0 Å². The molecule has 0 spiro atoms. The van der Waals surface area contributed by atoms with Crippen molar-refractivity contribution in [2.45, 2.75) is 39.2 Å². The summed E-state index contributed by atoms with van der Waals surface area (Å²) in [5.41, 5.74) is 0.590. The number of hydrogen-bond donors (Lipinski definition) is 2. The molecule has 9 heteroatoms. The predicted molar refractivity (Wildman–Crippen MR) is 104 cm³/mol. The van der Waals surface area contributed by atoms with Crippen molar-refractivity contribution >= 4 is 34.1 Å². The van der Waals surface area contributed by atoms with Crippen LogP contribution in [0.4, 0.5) is 15.6 Å². The van der Waals surface area contributed by atoms with Gasteiger partial charge in [-0.15, -0.1) is 10.2 Å². The van der Waals surface area contributed by atoms with E-state index in [-0.39, 0.29) is 11.9 Å². The number of para-hydroxylation sites is 2. The number of carbonyl (C=O) groups is 2. The second kappa shape index (κ2) is 8.81. The second-order valence-corrected chi connectivity index (χ2v) is 7.12. The number of carbonyl (C=O) groups excluding carboxylic acids is 2. The summed E-state index contributed by atoms with van der Waals surface area (Å²) in [6, 6.07) is 6.41. The van der Waals surface area contributed by atoms with Crippen LogP contribution in [0.1, 0.15) is 31.7 Å². The van der Waals surface area contributed by atoms with Gasteiger partial charge in [0.2, 0.25) is 11.0 Å². The van der Waals surface area contributed by atoms with Crippen LogP contribution in [0.2, 0.25) is 0 Å². The minimum Gasteiger partial charge on any atom is -0.492 e. The van der Waals surface area contributed by atoms with E-state index in [2.05, 4.69) is 20.8 Å². The lowest BCUT2D eigenvalue weighted by molar-refractivity contribution is -0.119. The summed E-state index contributed by atoms with van der Waals surface area (Å²) in [6.07, 6.45) is 2.16. The molecule has 3 rings (SSSR count). The summed E-state index contributed by atoms with van der Waals surface area (Å²) in [4.78, 5) is 26.9. The molecule has 0 unspecified atom stereocenters. The zero-order valence-corrected chi connectivity index (χ0v) is 16.2. The highest BCUT2D eigenvalue weighted by Crippen LogP contribution is 2.26. The highest BCUT2D eigenvalue weighted by Gasteiger charge is 2.34. The van der Waals surface area contributed by atoms with E-state index in [0.29, 0.717) is 36.1 Å². The third kappa shape index (κ3) is 4.54. The maximum absolute atomic E-state index is 12.7. The van der Waals surface area contributed by atoms with Crippen molar-refractivity contribution in [3.8, 4) is 5.75 Å². The van der Waals surface area contributed by atoms with Crippen molar-refractivity contribution in [1.82, 2.24) is 15.1 Å². The fraction of sp³-hybridized carbons (Fsp3) is 0.444. The molecule has 144 valence electrons. The van der Waals surface area contributed by atoms with Crippen LogP contribution in [0.3, 0.4) is 0 Å². The number of amides is 3. The minimum atomic E-state index is -0.529. The van der Waals surface area contributed by atoms with Crippen molar-refractivity contribution in [2.75, 3.05) is 23.8 Å². The molecule has 1 aromatic heterocycles. The van der Waals surface area contributed by atoms with Crippen LogP contribution < -0.4 is 15.4 Å². The molecule has 2 heterocycles. The molecule has 8 nitrogen and oxygen atoms in total. The van der Waals surface area contributed by atoms with E-state index in [1.54, 1.807) is 17.0 Å². The highest BCUT2D eigenvalue weighted by atomic mass is 32.1. The van der Waals surface area contributed by atoms with Crippen molar-refractivity contribution in [3.63, 3.8) is 0 Å². The normalized spacial score (nSPS) is 16.2. The average Bonchev–Trinajstić information content (AvgIpc) is 3.32. The monoisotopic (exact) mass is 389 g/mol. The molecule has 2 N–H and O–H groups in total. The molecule has 1 aliphatic rings. The molecule has 0 bridgehead atoms. The molecule has 1 saturated heterocycles. The van der Waals surface area contributed by atoms with E-state index in [9.17, 15) is 9.59 Å². The third-order valence-electron chi connectivity index (χ3n) is 4.24. The molecule has 1 aliphatic heterocycles. The number of ether oxygens (including phenoxy) is 1. The number of likely N-dealkylation sites (tertiary alicyclic amines) is 1. The fourth-order valence-electron chi connectivity index (χ4n) is 2.96. The van der Waals surface area contributed by atoms with Crippen LogP contribution in [-0.2, 0) is 11.2 Å². The van der Waals surface area contributed by atoms with Gasteiger partial charge in [-0.3, -0.25) is 10.1 Å². The van der Waals surface area contributed by atoms with Gasteiger partial charge in [-0.05, 0) is 38.3 Å². The Morgan fingerprint density at radius 1 is 1.26 bits per heavy atom. The summed E-state index contributed by atoms with van der Waals surface area (Å²) in [5, 5.41) is 14.9. The Morgan fingerprint density at radius 2 is 2.07 bits per heavy atom. The number of hydrogen-bond acceptors (Lipinski definition) is 6. The molecule has 0 aliphatic carbocycles. The van der Waals surface area contributed by atoms with Gasteiger partial charge in [-0.1, -0.05) is 30.4 Å². The van der Waals surface area contributed by atoms with Crippen molar-refractivity contribution in [1.29, 1.82) is 0 Å². The number of urea groups is 1. The first-order chi connectivity index (χ1) is 13.1. The number of rotatable bonds is 6. The Balaban J connectivity index is 1.66. The zero-order valence-electron chi connectivity index (χ0n) is 15.4. The minimum absolute atomic E-state index is 0.237. The lowest BCUT2D eigenvalue weighted by atomic mass is 10.2. The number of aryl methyl sites for hydroxylation is 1. The third-order valence-corrected chi connectivity index (χ3v) is 5.23.